The van der Waals surface area contributed by atoms with Crippen molar-refractivity contribution in [1.29, 1.82) is 5.26 Å². The molecule has 0 aromatic rings. The van der Waals surface area contributed by atoms with E-state index in [9.17, 15) is 0 Å². The van der Waals surface area contributed by atoms with Crippen LogP contribution in [0.25, 0.3) is 0 Å². The summed E-state index contributed by atoms with van der Waals surface area (Å²) in [6, 6.07) is 7.96. The molecule has 90 valence electrons. The monoisotopic (exact) mass is 231 g/mol. The molecule has 1 aliphatic heterocycles. The lowest BCUT2D eigenvalue weighted by atomic mass is 10.0. The summed E-state index contributed by atoms with van der Waals surface area (Å²) in [7, 11) is 0. The topological polar surface area (TPSA) is 42.2 Å². The van der Waals surface area contributed by atoms with Crippen molar-refractivity contribution in [3.8, 4) is 6.07 Å². The molecule has 0 amide bonds. The molecule has 3 heteroatoms. The number of hydrogen-bond acceptors (Lipinski definition) is 3. The van der Waals surface area contributed by atoms with Gasteiger partial charge in [0.1, 0.15) is 6.79 Å². The molecule has 3 rings (SSSR count). The predicted molar refractivity (Wildman–Crippen MR) is 64.0 cm³/mol. The number of nitrogens with zero attached hydrogens (tertiary/aromatic N) is 1. The number of hydrogen-bond donors (Lipinski definition) is 0. The third-order valence-electron chi connectivity index (χ3n) is 3.03. The standard InChI is InChI=1S/C7H3N.C7H14O2/c8-4-6-3-5-1-2-7(5)6;1-2-3-7-4-5-8-6-9-7/h1-3H;7H,2-6H2,1H3. The Morgan fingerprint density at radius 3 is 2.71 bits per heavy atom. The van der Waals surface area contributed by atoms with Gasteiger partial charge in [0.15, 0.2) is 0 Å². The zero-order chi connectivity index (χ0) is 12.1. The lowest BCUT2D eigenvalue weighted by Crippen LogP contribution is -2.23. The van der Waals surface area contributed by atoms with Crippen LogP contribution in [0, 0.1) is 21.8 Å². The van der Waals surface area contributed by atoms with E-state index in [1.165, 1.54) is 18.1 Å². The third-order valence-corrected chi connectivity index (χ3v) is 3.03. The molecule has 17 heavy (non-hydrogen) atoms. The fourth-order valence-electron chi connectivity index (χ4n) is 1.93. The van der Waals surface area contributed by atoms with Gasteiger partial charge in [-0.1, -0.05) is 25.5 Å². The first kappa shape index (κ1) is 12.1. The lowest BCUT2D eigenvalue weighted by Gasteiger charge is -2.21. The second-order valence-electron chi connectivity index (χ2n) is 4.26. The fourth-order valence-corrected chi connectivity index (χ4v) is 1.93. The molecule has 0 spiro atoms. The van der Waals surface area contributed by atoms with Gasteiger partial charge in [-0.15, -0.1) is 0 Å². The highest BCUT2D eigenvalue weighted by Gasteiger charge is 2.11. The first-order chi connectivity index (χ1) is 8.35. The SMILES string of the molecule is CCCC1CCOCO1.N#Cc1cc2ccc1=2. The Morgan fingerprint density at radius 2 is 2.35 bits per heavy atom. The molecular weight excluding hydrogens is 214 g/mol. The predicted octanol–water partition coefficient (Wildman–Crippen LogP) is 2.71. The van der Waals surface area contributed by atoms with Gasteiger partial charge in [-0.2, -0.15) is 5.26 Å². The van der Waals surface area contributed by atoms with Crippen LogP contribution in [-0.4, -0.2) is 19.5 Å². The van der Waals surface area contributed by atoms with Crippen LogP contribution in [0.2, 0.25) is 0 Å². The maximum atomic E-state index is 8.32. The Bertz CT molecular complexity index is 495. The van der Waals surface area contributed by atoms with Crippen LogP contribution in [0.15, 0.2) is 18.2 Å². The Hall–Kier alpha value is -1.37. The summed E-state index contributed by atoms with van der Waals surface area (Å²) in [6.45, 7) is 3.56. The van der Waals surface area contributed by atoms with Crippen molar-refractivity contribution in [2.75, 3.05) is 13.4 Å². The molecule has 1 unspecified atom stereocenters. The summed E-state index contributed by atoms with van der Waals surface area (Å²) in [5.74, 6) is 0. The summed E-state index contributed by atoms with van der Waals surface area (Å²) in [4.78, 5) is 0. The lowest BCUT2D eigenvalue weighted by molar-refractivity contribution is -0.140. The Balaban J connectivity index is 0.000000127. The van der Waals surface area contributed by atoms with Crippen LogP contribution in [0.4, 0.5) is 0 Å². The number of nitriles is 1. The van der Waals surface area contributed by atoms with Gasteiger partial charge in [0.2, 0.25) is 0 Å². The van der Waals surface area contributed by atoms with Crippen LogP contribution >= 0.6 is 0 Å². The minimum Gasteiger partial charge on any atom is -0.355 e. The van der Waals surface area contributed by atoms with E-state index in [-0.39, 0.29) is 0 Å². The largest absolute Gasteiger partial charge is 0.355 e. The summed E-state index contributed by atoms with van der Waals surface area (Å²) < 4.78 is 10.3. The minimum atomic E-state index is 0.476. The van der Waals surface area contributed by atoms with E-state index in [1.807, 2.05) is 18.2 Å². The Labute approximate surface area is 101 Å². The van der Waals surface area contributed by atoms with Crippen molar-refractivity contribution in [1.82, 2.24) is 0 Å². The fraction of sp³-hybridized carbons (Fsp3) is 0.500. The summed E-state index contributed by atoms with van der Waals surface area (Å²) in [6.07, 6.45) is 3.95. The highest BCUT2D eigenvalue weighted by atomic mass is 16.7. The van der Waals surface area contributed by atoms with Gasteiger partial charge >= 0.3 is 0 Å². The molecule has 2 aliphatic carbocycles. The van der Waals surface area contributed by atoms with E-state index in [2.05, 4.69) is 13.0 Å². The van der Waals surface area contributed by atoms with Crippen LogP contribution in [0.5, 0.6) is 0 Å². The van der Waals surface area contributed by atoms with Gasteiger partial charge < -0.3 is 9.47 Å². The highest BCUT2D eigenvalue weighted by Crippen LogP contribution is 2.13. The zero-order valence-electron chi connectivity index (χ0n) is 10.1. The van der Waals surface area contributed by atoms with Crippen molar-refractivity contribution in [3.05, 3.63) is 34.2 Å². The smallest absolute Gasteiger partial charge is 0.147 e. The average molecular weight is 231 g/mol. The highest BCUT2D eigenvalue weighted by molar-refractivity contribution is 5.41. The quantitative estimate of drug-likeness (QED) is 0.798. The second kappa shape index (κ2) is 5.81. The molecular formula is C14H17NO2. The van der Waals surface area contributed by atoms with Crippen LogP contribution in [0.3, 0.4) is 0 Å². The van der Waals surface area contributed by atoms with Crippen LogP contribution in [0.1, 0.15) is 31.7 Å². The molecule has 0 radical (unpaired) electrons. The number of benzene rings is 1. The Kier molecular flexibility index (Phi) is 4.13. The van der Waals surface area contributed by atoms with Gasteiger partial charge in [0.25, 0.3) is 0 Å². The van der Waals surface area contributed by atoms with Crippen LogP contribution < -0.4 is 0 Å². The van der Waals surface area contributed by atoms with E-state index in [1.54, 1.807) is 0 Å². The van der Waals surface area contributed by atoms with Gasteiger partial charge in [0, 0.05) is 0 Å². The zero-order valence-corrected chi connectivity index (χ0v) is 10.1. The van der Waals surface area contributed by atoms with Gasteiger partial charge in [0.05, 0.1) is 24.3 Å². The first-order valence-electron chi connectivity index (χ1n) is 6.09. The van der Waals surface area contributed by atoms with E-state index in [0.717, 1.165) is 23.8 Å². The van der Waals surface area contributed by atoms with Crippen molar-refractivity contribution in [2.45, 2.75) is 32.3 Å². The van der Waals surface area contributed by atoms with Crippen molar-refractivity contribution >= 4 is 0 Å². The molecule has 0 aromatic carbocycles. The second-order valence-corrected chi connectivity index (χ2v) is 4.26. The molecule has 1 heterocycles. The molecule has 0 saturated carbocycles. The van der Waals surface area contributed by atoms with Crippen molar-refractivity contribution in [2.24, 2.45) is 0 Å². The van der Waals surface area contributed by atoms with E-state index in [4.69, 9.17) is 14.7 Å². The average Bonchev–Trinajstić information content (AvgIpc) is 2.35. The van der Waals surface area contributed by atoms with Crippen LogP contribution in [-0.2, 0) is 9.47 Å². The Morgan fingerprint density at radius 1 is 1.47 bits per heavy atom. The molecule has 1 saturated heterocycles. The van der Waals surface area contributed by atoms with E-state index >= 15 is 0 Å². The summed E-state index contributed by atoms with van der Waals surface area (Å²) in [5, 5.41) is 10.7. The van der Waals surface area contributed by atoms with Crippen molar-refractivity contribution in [3.63, 3.8) is 0 Å². The molecule has 3 nitrogen and oxygen atoms in total. The molecule has 3 aliphatic rings. The van der Waals surface area contributed by atoms with Gasteiger partial charge in [-0.3, -0.25) is 0 Å². The van der Waals surface area contributed by atoms with Crippen molar-refractivity contribution < 1.29 is 9.47 Å². The normalized spacial score (nSPS) is 19.9. The van der Waals surface area contributed by atoms with E-state index in [0.29, 0.717) is 12.9 Å². The summed E-state index contributed by atoms with van der Waals surface area (Å²) >= 11 is 0. The molecule has 1 atom stereocenters. The maximum absolute atomic E-state index is 8.32. The minimum absolute atomic E-state index is 0.476. The first-order valence-corrected chi connectivity index (χ1v) is 6.09. The third kappa shape index (κ3) is 2.85. The summed E-state index contributed by atoms with van der Waals surface area (Å²) in [5.41, 5.74) is 0.836. The maximum Gasteiger partial charge on any atom is 0.147 e. The molecule has 1 fully saturated rings. The molecule has 0 aromatic heterocycles. The molecule has 0 N–H and O–H groups in total. The van der Waals surface area contributed by atoms with Gasteiger partial charge in [-0.05, 0) is 29.3 Å². The number of rotatable bonds is 2. The number of ether oxygens (including phenoxy) is 2. The van der Waals surface area contributed by atoms with Gasteiger partial charge in [-0.25, -0.2) is 0 Å². The van der Waals surface area contributed by atoms with E-state index < -0.39 is 0 Å². The molecule has 0 bridgehead atoms.